The SMILES string of the molecule is CCOC(=O)c1ccc(C(C)S)nc1. The number of hydrogen-bond donors (Lipinski definition) is 1. The Morgan fingerprint density at radius 1 is 1.64 bits per heavy atom. The lowest BCUT2D eigenvalue weighted by molar-refractivity contribution is 0.0526. The van der Waals surface area contributed by atoms with Crippen LogP contribution < -0.4 is 0 Å². The fourth-order valence-corrected chi connectivity index (χ4v) is 1.14. The van der Waals surface area contributed by atoms with Crippen molar-refractivity contribution in [3.05, 3.63) is 29.6 Å². The van der Waals surface area contributed by atoms with Gasteiger partial charge in [0.25, 0.3) is 0 Å². The maximum Gasteiger partial charge on any atom is 0.339 e. The Kier molecular flexibility index (Phi) is 3.95. The molecule has 0 fully saturated rings. The lowest BCUT2D eigenvalue weighted by Crippen LogP contribution is -2.05. The Morgan fingerprint density at radius 3 is 2.79 bits per heavy atom. The standard InChI is InChI=1S/C10H13NO2S/c1-3-13-10(12)8-4-5-9(7(2)14)11-6-8/h4-7,14H,3H2,1-2H3. The van der Waals surface area contributed by atoms with Crippen molar-refractivity contribution in [2.75, 3.05) is 6.61 Å². The highest BCUT2D eigenvalue weighted by Crippen LogP contribution is 2.16. The number of carbonyl (C=O) groups is 1. The highest BCUT2D eigenvalue weighted by atomic mass is 32.1. The molecule has 3 nitrogen and oxygen atoms in total. The second kappa shape index (κ2) is 5.00. The molecule has 1 aromatic rings. The van der Waals surface area contributed by atoms with E-state index < -0.39 is 0 Å². The van der Waals surface area contributed by atoms with Crippen molar-refractivity contribution in [1.82, 2.24) is 4.98 Å². The van der Waals surface area contributed by atoms with Gasteiger partial charge in [0.15, 0.2) is 0 Å². The number of ether oxygens (including phenoxy) is 1. The summed E-state index contributed by atoms with van der Waals surface area (Å²) in [5.74, 6) is -0.335. The van der Waals surface area contributed by atoms with Gasteiger partial charge in [0.2, 0.25) is 0 Å². The molecule has 0 radical (unpaired) electrons. The molecule has 0 saturated heterocycles. The maximum atomic E-state index is 11.2. The average molecular weight is 211 g/mol. The predicted octanol–water partition coefficient (Wildman–Crippen LogP) is 2.25. The van der Waals surface area contributed by atoms with Crippen LogP contribution in [0.2, 0.25) is 0 Å². The summed E-state index contributed by atoms with van der Waals surface area (Å²) in [6, 6.07) is 3.48. The van der Waals surface area contributed by atoms with Crippen molar-refractivity contribution in [2.24, 2.45) is 0 Å². The van der Waals surface area contributed by atoms with Crippen LogP contribution in [0, 0.1) is 0 Å². The monoisotopic (exact) mass is 211 g/mol. The summed E-state index contributed by atoms with van der Waals surface area (Å²) in [6.07, 6.45) is 1.51. The van der Waals surface area contributed by atoms with Crippen LogP contribution >= 0.6 is 12.6 Å². The molecule has 1 rings (SSSR count). The zero-order chi connectivity index (χ0) is 10.6. The van der Waals surface area contributed by atoms with Crippen LogP contribution in [0.5, 0.6) is 0 Å². The molecule has 0 aliphatic heterocycles. The van der Waals surface area contributed by atoms with Gasteiger partial charge in [0.1, 0.15) is 0 Å². The van der Waals surface area contributed by atoms with Gasteiger partial charge in [-0.3, -0.25) is 4.98 Å². The van der Waals surface area contributed by atoms with Crippen LogP contribution in [-0.2, 0) is 4.74 Å². The van der Waals surface area contributed by atoms with E-state index >= 15 is 0 Å². The minimum Gasteiger partial charge on any atom is -0.462 e. The van der Waals surface area contributed by atoms with E-state index in [1.165, 1.54) is 6.20 Å². The van der Waals surface area contributed by atoms with E-state index in [-0.39, 0.29) is 11.2 Å². The first-order valence-corrected chi connectivity index (χ1v) is 4.98. The van der Waals surface area contributed by atoms with Crippen molar-refractivity contribution in [3.8, 4) is 0 Å². The molecular formula is C10H13NO2S. The minimum atomic E-state index is -0.335. The molecular weight excluding hydrogens is 198 g/mol. The first-order chi connectivity index (χ1) is 6.65. The third-order valence-electron chi connectivity index (χ3n) is 1.73. The number of nitrogens with zero attached hydrogens (tertiary/aromatic N) is 1. The number of hydrogen-bond acceptors (Lipinski definition) is 4. The number of pyridine rings is 1. The minimum absolute atomic E-state index is 0.0752. The second-order valence-electron chi connectivity index (χ2n) is 2.87. The summed E-state index contributed by atoms with van der Waals surface area (Å²) in [6.45, 7) is 4.08. The van der Waals surface area contributed by atoms with Gasteiger partial charge >= 0.3 is 5.97 Å². The van der Waals surface area contributed by atoms with Gasteiger partial charge in [0.05, 0.1) is 17.9 Å². The van der Waals surface area contributed by atoms with Gasteiger partial charge in [0, 0.05) is 11.4 Å². The average Bonchev–Trinajstić information content (AvgIpc) is 2.18. The number of esters is 1. The Labute approximate surface area is 88.9 Å². The quantitative estimate of drug-likeness (QED) is 0.615. The molecule has 0 spiro atoms. The first kappa shape index (κ1) is 11.0. The van der Waals surface area contributed by atoms with Crippen LogP contribution in [0.3, 0.4) is 0 Å². The normalized spacial score (nSPS) is 12.2. The summed E-state index contributed by atoms with van der Waals surface area (Å²) in [5.41, 5.74) is 1.32. The largest absolute Gasteiger partial charge is 0.462 e. The van der Waals surface area contributed by atoms with Crippen LogP contribution in [0.15, 0.2) is 18.3 Å². The highest BCUT2D eigenvalue weighted by molar-refractivity contribution is 7.80. The van der Waals surface area contributed by atoms with Crippen molar-refractivity contribution in [1.29, 1.82) is 0 Å². The molecule has 1 unspecified atom stereocenters. The number of thiol groups is 1. The van der Waals surface area contributed by atoms with E-state index in [9.17, 15) is 4.79 Å². The molecule has 0 saturated carbocycles. The van der Waals surface area contributed by atoms with E-state index in [1.54, 1.807) is 19.1 Å². The third-order valence-corrected chi connectivity index (χ3v) is 1.99. The predicted molar refractivity (Wildman–Crippen MR) is 57.6 cm³/mol. The molecule has 1 atom stereocenters. The zero-order valence-corrected chi connectivity index (χ0v) is 9.12. The molecule has 0 N–H and O–H groups in total. The number of carbonyl (C=O) groups excluding carboxylic acids is 1. The Morgan fingerprint density at radius 2 is 2.36 bits per heavy atom. The summed E-state index contributed by atoms with van der Waals surface area (Å²) < 4.78 is 4.83. The molecule has 14 heavy (non-hydrogen) atoms. The van der Waals surface area contributed by atoms with E-state index in [2.05, 4.69) is 17.6 Å². The van der Waals surface area contributed by atoms with Gasteiger partial charge in [-0.25, -0.2) is 4.79 Å². The number of aromatic nitrogens is 1. The van der Waals surface area contributed by atoms with Crippen molar-refractivity contribution >= 4 is 18.6 Å². The summed E-state index contributed by atoms with van der Waals surface area (Å²) in [7, 11) is 0. The van der Waals surface area contributed by atoms with E-state index in [1.807, 2.05) is 6.92 Å². The topological polar surface area (TPSA) is 39.2 Å². The lowest BCUT2D eigenvalue weighted by atomic mass is 10.2. The van der Waals surface area contributed by atoms with Gasteiger partial charge in [-0.05, 0) is 26.0 Å². The molecule has 0 aromatic carbocycles. The molecule has 0 aliphatic carbocycles. The molecule has 1 heterocycles. The third kappa shape index (κ3) is 2.73. The van der Waals surface area contributed by atoms with Crippen molar-refractivity contribution in [2.45, 2.75) is 19.1 Å². The van der Waals surface area contributed by atoms with Crippen LogP contribution in [-0.4, -0.2) is 17.6 Å². The molecule has 0 amide bonds. The van der Waals surface area contributed by atoms with Gasteiger partial charge in [-0.15, -0.1) is 0 Å². The summed E-state index contributed by atoms with van der Waals surface area (Å²) in [5, 5.41) is 0.0752. The van der Waals surface area contributed by atoms with Crippen LogP contribution in [0.1, 0.15) is 35.1 Å². The Balaban J connectivity index is 2.78. The van der Waals surface area contributed by atoms with Gasteiger partial charge < -0.3 is 4.74 Å². The second-order valence-corrected chi connectivity index (χ2v) is 3.64. The smallest absolute Gasteiger partial charge is 0.339 e. The molecule has 0 aliphatic rings. The van der Waals surface area contributed by atoms with Crippen LogP contribution in [0.25, 0.3) is 0 Å². The molecule has 76 valence electrons. The van der Waals surface area contributed by atoms with Crippen LogP contribution in [0.4, 0.5) is 0 Å². The van der Waals surface area contributed by atoms with E-state index in [0.717, 1.165) is 5.69 Å². The zero-order valence-electron chi connectivity index (χ0n) is 8.23. The molecule has 0 bridgehead atoms. The van der Waals surface area contributed by atoms with Gasteiger partial charge in [-0.2, -0.15) is 12.6 Å². The Bertz CT molecular complexity index is 308. The molecule has 4 heteroatoms. The summed E-state index contributed by atoms with van der Waals surface area (Å²) >= 11 is 4.24. The van der Waals surface area contributed by atoms with E-state index in [4.69, 9.17) is 4.74 Å². The number of rotatable bonds is 3. The maximum absolute atomic E-state index is 11.2. The van der Waals surface area contributed by atoms with Crippen molar-refractivity contribution < 1.29 is 9.53 Å². The first-order valence-electron chi connectivity index (χ1n) is 4.46. The highest BCUT2D eigenvalue weighted by Gasteiger charge is 2.07. The lowest BCUT2D eigenvalue weighted by Gasteiger charge is -2.04. The van der Waals surface area contributed by atoms with Crippen molar-refractivity contribution in [3.63, 3.8) is 0 Å². The summed E-state index contributed by atoms with van der Waals surface area (Å²) in [4.78, 5) is 15.3. The Hall–Kier alpha value is -1.03. The fraction of sp³-hybridized carbons (Fsp3) is 0.400. The fourth-order valence-electron chi connectivity index (χ4n) is 0.988. The van der Waals surface area contributed by atoms with E-state index in [0.29, 0.717) is 12.2 Å². The molecule has 1 aromatic heterocycles. The van der Waals surface area contributed by atoms with Gasteiger partial charge in [-0.1, -0.05) is 0 Å².